The molecular formula is C10H16KNO9. The van der Waals surface area contributed by atoms with Crippen molar-refractivity contribution in [3.8, 4) is 0 Å². The number of carboxylic acids is 4. The number of nitrogens with two attached hydrogens (primary N) is 1. The van der Waals surface area contributed by atoms with Crippen molar-refractivity contribution in [1.82, 2.24) is 0 Å². The Morgan fingerprint density at radius 1 is 0.857 bits per heavy atom. The number of carbonyl (C=O) groups excluding carboxylic acids is 1. The van der Waals surface area contributed by atoms with Crippen molar-refractivity contribution in [1.29, 1.82) is 0 Å². The Labute approximate surface area is 162 Å². The third-order valence-electron chi connectivity index (χ3n) is 1.13. The molecule has 0 unspecified atom stereocenters. The normalized spacial score (nSPS) is 7.48. The van der Waals surface area contributed by atoms with E-state index in [1.807, 2.05) is 0 Å². The quantitative estimate of drug-likeness (QED) is 0.231. The van der Waals surface area contributed by atoms with Crippen LogP contribution in [0.1, 0.15) is 19.8 Å². The summed E-state index contributed by atoms with van der Waals surface area (Å²) in [6, 6.07) is 0. The fraction of sp³-hybridized carbons (Fsp3) is 0.300. The molecule has 0 atom stereocenters. The number of carboxylic acid groups (broad SMARTS) is 4. The molecule has 116 valence electrons. The Bertz CT molecular complexity index is 343. The molecule has 0 aliphatic heterocycles. The topological polar surface area (TPSA) is 192 Å². The zero-order valence-electron chi connectivity index (χ0n) is 10.5. The predicted molar refractivity (Wildman–Crippen MR) is 70.9 cm³/mol. The Morgan fingerprint density at radius 2 is 1.05 bits per heavy atom. The molecule has 0 aromatic carbocycles. The molecule has 0 radical (unpaired) electrons. The van der Waals surface area contributed by atoms with Crippen LogP contribution in [0.5, 0.6) is 0 Å². The Kier molecular flexibility index (Phi) is 22.3. The Hall–Kier alpha value is -1.27. The molecule has 0 rings (SSSR count). The molecule has 0 heterocycles. The van der Waals surface area contributed by atoms with Gasteiger partial charge in [0.15, 0.2) is 0 Å². The van der Waals surface area contributed by atoms with Gasteiger partial charge in [-0.15, -0.1) is 0 Å². The molecule has 0 saturated carbocycles. The third kappa shape index (κ3) is 38.1. The first kappa shape index (κ1) is 28.0. The van der Waals surface area contributed by atoms with Crippen LogP contribution < -0.4 is 5.73 Å². The molecule has 0 saturated heterocycles. The van der Waals surface area contributed by atoms with E-state index in [1.54, 1.807) is 0 Å². The number of hydrogen-bond donors (Lipinski definition) is 5. The van der Waals surface area contributed by atoms with Gasteiger partial charge >= 0.3 is 81.2 Å². The minimum atomic E-state index is -1.60. The summed E-state index contributed by atoms with van der Waals surface area (Å²) in [6.45, 7) is 4.60. The van der Waals surface area contributed by atoms with E-state index < -0.39 is 29.8 Å². The molecule has 0 bridgehead atoms. The summed E-state index contributed by atoms with van der Waals surface area (Å²) in [4.78, 5) is 47.4. The summed E-state index contributed by atoms with van der Waals surface area (Å²) >= 11 is 0. The van der Waals surface area contributed by atoms with Crippen LogP contribution in [0.4, 0.5) is 0 Å². The summed E-state index contributed by atoms with van der Waals surface area (Å²) in [5.41, 5.74) is 4.37. The number of hydrogen-bond acceptors (Lipinski definition) is 5. The van der Waals surface area contributed by atoms with Crippen molar-refractivity contribution in [2.24, 2.45) is 5.73 Å². The van der Waals surface area contributed by atoms with Crippen LogP contribution in [0.25, 0.3) is 0 Å². The Balaban J connectivity index is -0.000000102. The summed E-state index contributed by atoms with van der Waals surface area (Å²) in [5, 5.41) is 31.2. The zero-order chi connectivity index (χ0) is 16.9. The number of amides is 1. The maximum atomic E-state index is 9.64. The van der Waals surface area contributed by atoms with E-state index in [2.05, 4.69) is 12.3 Å². The van der Waals surface area contributed by atoms with Crippen LogP contribution in [0, 0.1) is 0 Å². The van der Waals surface area contributed by atoms with E-state index in [-0.39, 0.29) is 69.8 Å². The van der Waals surface area contributed by atoms with Crippen molar-refractivity contribution in [2.75, 3.05) is 0 Å². The molecule has 0 fully saturated rings. The third-order valence-corrected chi connectivity index (χ3v) is 1.13. The van der Waals surface area contributed by atoms with Gasteiger partial charge in [-0.1, -0.05) is 6.58 Å². The molecule has 11 heteroatoms. The van der Waals surface area contributed by atoms with E-state index in [4.69, 9.17) is 20.4 Å². The van der Waals surface area contributed by atoms with Crippen LogP contribution in [0.2, 0.25) is 0 Å². The summed E-state index contributed by atoms with van der Waals surface area (Å²) in [7, 11) is 0. The van der Waals surface area contributed by atoms with Crippen molar-refractivity contribution < 1.29 is 44.4 Å². The summed E-state index contributed by atoms with van der Waals surface area (Å²) < 4.78 is 0. The van der Waals surface area contributed by atoms with Crippen LogP contribution in [0.15, 0.2) is 12.2 Å². The van der Waals surface area contributed by atoms with Gasteiger partial charge in [0, 0.05) is 5.57 Å². The average molecular weight is 333 g/mol. The first-order chi connectivity index (χ1) is 8.91. The van der Waals surface area contributed by atoms with Gasteiger partial charge in [0.1, 0.15) is 0 Å². The van der Waals surface area contributed by atoms with E-state index in [9.17, 15) is 24.0 Å². The van der Waals surface area contributed by atoms with E-state index in [0.29, 0.717) is 0 Å². The molecule has 21 heavy (non-hydrogen) atoms. The van der Waals surface area contributed by atoms with Crippen molar-refractivity contribution in [3.05, 3.63) is 12.2 Å². The number of primary amides is 1. The van der Waals surface area contributed by atoms with Crippen LogP contribution in [0.3, 0.4) is 0 Å². The van der Waals surface area contributed by atoms with E-state index >= 15 is 0 Å². The standard InChI is InChI=1S/C4H6O4.C4H6O2.C2H3NO3.K.H/c5-3(6)1-2-4(7)8;1-3(2)4(5)6;3-1(4)2(5)6;;/h1-2H2,(H,5,6)(H,7,8);1H2,2H3,(H,5,6);(H2,3,4)(H,5,6);;. The molecule has 0 aliphatic carbocycles. The molecule has 0 aromatic heterocycles. The molecule has 0 aromatic rings. The fourth-order valence-electron chi connectivity index (χ4n) is 0.214. The van der Waals surface area contributed by atoms with Gasteiger partial charge in [-0.25, -0.2) is 9.59 Å². The van der Waals surface area contributed by atoms with Gasteiger partial charge in [0.2, 0.25) is 0 Å². The van der Waals surface area contributed by atoms with Gasteiger partial charge in [-0.05, 0) is 6.92 Å². The SMILES string of the molecule is C=C(C)C(=O)O.NC(=O)C(=O)O.O=C(O)CCC(=O)O.[KH]. The molecule has 10 nitrogen and oxygen atoms in total. The minimum absolute atomic E-state index is 0. The van der Waals surface area contributed by atoms with E-state index in [1.165, 1.54) is 6.92 Å². The second-order valence-corrected chi connectivity index (χ2v) is 3.04. The van der Waals surface area contributed by atoms with E-state index in [0.717, 1.165) is 0 Å². The maximum absolute atomic E-state index is 9.64. The van der Waals surface area contributed by atoms with Crippen molar-refractivity contribution >= 4 is 81.2 Å². The summed E-state index contributed by atoms with van der Waals surface area (Å²) in [6.07, 6.45) is -0.593. The van der Waals surface area contributed by atoms with Gasteiger partial charge in [-0.3, -0.25) is 14.4 Å². The fourth-order valence-corrected chi connectivity index (χ4v) is 0.214. The molecule has 6 N–H and O–H groups in total. The van der Waals surface area contributed by atoms with Crippen LogP contribution in [-0.4, -0.2) is 102 Å². The first-order valence-electron chi connectivity index (χ1n) is 4.76. The van der Waals surface area contributed by atoms with Gasteiger partial charge in [0.05, 0.1) is 12.8 Å². The van der Waals surface area contributed by atoms with Crippen LogP contribution in [-0.2, 0) is 24.0 Å². The number of aliphatic carboxylic acids is 4. The van der Waals surface area contributed by atoms with Gasteiger partial charge in [-0.2, -0.15) is 0 Å². The average Bonchev–Trinajstić information content (AvgIpc) is 2.27. The second kappa shape index (κ2) is 16.8. The predicted octanol–water partition coefficient (Wildman–Crippen LogP) is -1.51. The van der Waals surface area contributed by atoms with Gasteiger partial charge < -0.3 is 26.2 Å². The Morgan fingerprint density at radius 3 is 1.10 bits per heavy atom. The first-order valence-corrected chi connectivity index (χ1v) is 4.76. The van der Waals surface area contributed by atoms with Crippen molar-refractivity contribution in [2.45, 2.75) is 19.8 Å². The second-order valence-electron chi connectivity index (χ2n) is 3.04. The number of rotatable bonds is 4. The molecular weight excluding hydrogens is 317 g/mol. The molecule has 0 aliphatic rings. The summed E-state index contributed by atoms with van der Waals surface area (Å²) in [5.74, 6) is -6.01. The van der Waals surface area contributed by atoms with Crippen LogP contribution >= 0.6 is 0 Å². The van der Waals surface area contributed by atoms with Gasteiger partial charge in [0.25, 0.3) is 0 Å². The monoisotopic (exact) mass is 333 g/mol. The molecule has 1 amide bonds. The number of carbonyl (C=O) groups is 5. The zero-order valence-corrected chi connectivity index (χ0v) is 10.5. The van der Waals surface area contributed by atoms with Crippen molar-refractivity contribution in [3.63, 3.8) is 0 Å². The molecule has 0 spiro atoms.